The molecule has 1 atom stereocenters. The Kier molecular flexibility index (Phi) is 4.94. The molecule has 8 nitrogen and oxygen atoms in total. The van der Waals surface area contributed by atoms with Crippen LogP contribution in [0.2, 0.25) is 0 Å². The standard InChI is InChI=1S/C12H18N6O2S/c1-4-5-8(6-9(19)20)18-12(14-15-16-18)11-10(7(2)3)13-17-21-11/h7-8H,4-6H2,1-3H3,(H,19,20). The Hall–Kier alpha value is -1.90. The van der Waals surface area contributed by atoms with Crippen LogP contribution in [0.3, 0.4) is 0 Å². The fourth-order valence-corrected chi connectivity index (χ4v) is 2.96. The van der Waals surface area contributed by atoms with E-state index in [9.17, 15) is 4.79 Å². The van der Waals surface area contributed by atoms with Gasteiger partial charge in [-0.25, -0.2) is 4.68 Å². The van der Waals surface area contributed by atoms with Gasteiger partial charge in [-0.05, 0) is 34.3 Å². The monoisotopic (exact) mass is 310 g/mol. The fraction of sp³-hybridized carbons (Fsp3) is 0.667. The van der Waals surface area contributed by atoms with Crippen LogP contribution in [0.4, 0.5) is 0 Å². The largest absolute Gasteiger partial charge is 0.481 e. The molecule has 21 heavy (non-hydrogen) atoms. The Balaban J connectivity index is 2.40. The van der Waals surface area contributed by atoms with Crippen LogP contribution in [0.1, 0.15) is 57.7 Å². The summed E-state index contributed by atoms with van der Waals surface area (Å²) in [5.41, 5.74) is 0.835. The summed E-state index contributed by atoms with van der Waals surface area (Å²) in [5.74, 6) is -0.109. The van der Waals surface area contributed by atoms with Crippen molar-refractivity contribution in [1.29, 1.82) is 0 Å². The van der Waals surface area contributed by atoms with E-state index in [0.29, 0.717) is 12.2 Å². The molecule has 2 aromatic heterocycles. The maximum absolute atomic E-state index is 11.0. The summed E-state index contributed by atoms with van der Waals surface area (Å²) in [7, 11) is 0. The highest BCUT2D eigenvalue weighted by Gasteiger charge is 2.24. The number of carbonyl (C=O) groups is 1. The quantitative estimate of drug-likeness (QED) is 0.834. The number of tetrazole rings is 1. The van der Waals surface area contributed by atoms with E-state index in [4.69, 9.17) is 5.11 Å². The molecule has 1 N–H and O–H groups in total. The number of aliphatic carboxylic acids is 1. The summed E-state index contributed by atoms with van der Waals surface area (Å²) in [5, 5.41) is 24.9. The van der Waals surface area contributed by atoms with Gasteiger partial charge in [-0.1, -0.05) is 31.7 Å². The summed E-state index contributed by atoms with van der Waals surface area (Å²) in [6.07, 6.45) is 1.55. The lowest BCUT2D eigenvalue weighted by atomic mass is 10.1. The number of nitrogens with zero attached hydrogens (tertiary/aromatic N) is 6. The van der Waals surface area contributed by atoms with E-state index in [1.807, 2.05) is 20.8 Å². The Labute approximate surface area is 126 Å². The van der Waals surface area contributed by atoms with Crippen LogP contribution in [-0.2, 0) is 4.79 Å². The molecule has 9 heteroatoms. The van der Waals surface area contributed by atoms with Crippen LogP contribution in [0.15, 0.2) is 0 Å². The molecule has 2 rings (SSSR count). The predicted octanol–water partition coefficient (Wildman–Crippen LogP) is 2.13. The van der Waals surface area contributed by atoms with Gasteiger partial charge in [-0.2, -0.15) is 0 Å². The van der Waals surface area contributed by atoms with Gasteiger partial charge in [0.15, 0.2) is 5.82 Å². The van der Waals surface area contributed by atoms with Gasteiger partial charge in [0.2, 0.25) is 0 Å². The molecule has 0 bridgehead atoms. The van der Waals surface area contributed by atoms with Crippen molar-refractivity contribution < 1.29 is 9.90 Å². The second-order valence-electron chi connectivity index (χ2n) is 5.13. The zero-order valence-electron chi connectivity index (χ0n) is 12.2. The number of rotatable bonds is 7. The minimum Gasteiger partial charge on any atom is -0.481 e. The molecule has 2 heterocycles. The van der Waals surface area contributed by atoms with E-state index in [1.54, 1.807) is 4.68 Å². The second-order valence-corrected chi connectivity index (χ2v) is 5.88. The molecule has 2 aromatic rings. The van der Waals surface area contributed by atoms with Gasteiger partial charge >= 0.3 is 5.97 Å². The molecule has 0 amide bonds. The van der Waals surface area contributed by atoms with E-state index >= 15 is 0 Å². The van der Waals surface area contributed by atoms with Crippen molar-refractivity contribution in [2.24, 2.45) is 0 Å². The molecule has 0 saturated carbocycles. The van der Waals surface area contributed by atoms with Gasteiger partial charge in [0.25, 0.3) is 0 Å². The number of aromatic nitrogens is 6. The summed E-state index contributed by atoms with van der Waals surface area (Å²) >= 11 is 1.23. The average molecular weight is 310 g/mol. The minimum atomic E-state index is -0.860. The highest BCUT2D eigenvalue weighted by Crippen LogP contribution is 2.31. The van der Waals surface area contributed by atoms with Crippen LogP contribution < -0.4 is 0 Å². The lowest BCUT2D eigenvalue weighted by molar-refractivity contribution is -0.138. The third-order valence-corrected chi connectivity index (χ3v) is 3.87. The van der Waals surface area contributed by atoms with E-state index in [2.05, 4.69) is 25.1 Å². The maximum atomic E-state index is 11.0. The summed E-state index contributed by atoms with van der Waals surface area (Å²) in [6, 6.07) is -0.264. The van der Waals surface area contributed by atoms with E-state index in [-0.39, 0.29) is 18.4 Å². The van der Waals surface area contributed by atoms with Crippen molar-refractivity contribution >= 4 is 17.5 Å². The van der Waals surface area contributed by atoms with Gasteiger partial charge in [0.1, 0.15) is 4.88 Å². The molecule has 0 aliphatic rings. The van der Waals surface area contributed by atoms with Gasteiger partial charge in [0, 0.05) is 0 Å². The number of carboxylic acids is 1. The van der Waals surface area contributed by atoms with Crippen molar-refractivity contribution in [3.8, 4) is 10.7 Å². The highest BCUT2D eigenvalue weighted by molar-refractivity contribution is 7.09. The van der Waals surface area contributed by atoms with E-state index < -0.39 is 5.97 Å². The molecule has 0 aliphatic carbocycles. The van der Waals surface area contributed by atoms with Crippen LogP contribution in [0.25, 0.3) is 10.7 Å². The molecular formula is C12H18N6O2S. The third kappa shape index (κ3) is 3.41. The van der Waals surface area contributed by atoms with Gasteiger partial charge in [-0.3, -0.25) is 4.79 Å². The second kappa shape index (κ2) is 6.70. The normalized spacial score (nSPS) is 12.8. The van der Waals surface area contributed by atoms with Crippen LogP contribution >= 0.6 is 11.5 Å². The Morgan fingerprint density at radius 1 is 1.38 bits per heavy atom. The molecule has 114 valence electrons. The SMILES string of the molecule is CCCC(CC(=O)O)n1nnnc1-c1snnc1C(C)C. The Morgan fingerprint density at radius 2 is 2.14 bits per heavy atom. The molecule has 0 saturated heterocycles. The molecule has 0 spiro atoms. The predicted molar refractivity (Wildman–Crippen MR) is 77.0 cm³/mol. The van der Waals surface area contributed by atoms with Crippen LogP contribution in [-0.4, -0.2) is 40.9 Å². The average Bonchev–Trinajstić information content (AvgIpc) is 3.06. The Morgan fingerprint density at radius 3 is 2.76 bits per heavy atom. The van der Waals surface area contributed by atoms with E-state index in [1.165, 1.54) is 11.5 Å². The van der Waals surface area contributed by atoms with Crippen molar-refractivity contribution in [1.82, 2.24) is 29.8 Å². The number of carboxylic acid groups (broad SMARTS) is 1. The minimum absolute atomic E-state index is 0.00484. The fourth-order valence-electron chi connectivity index (χ4n) is 2.17. The first-order valence-corrected chi connectivity index (χ1v) is 7.64. The molecule has 0 aromatic carbocycles. The summed E-state index contributed by atoms with van der Waals surface area (Å²) in [4.78, 5) is 11.9. The van der Waals surface area contributed by atoms with Crippen molar-refractivity contribution in [3.05, 3.63) is 5.69 Å². The van der Waals surface area contributed by atoms with Crippen molar-refractivity contribution in [2.75, 3.05) is 0 Å². The maximum Gasteiger partial charge on any atom is 0.305 e. The number of hydrogen-bond acceptors (Lipinski definition) is 7. The van der Waals surface area contributed by atoms with Gasteiger partial charge < -0.3 is 5.11 Å². The van der Waals surface area contributed by atoms with Gasteiger partial charge in [0.05, 0.1) is 18.2 Å². The topological polar surface area (TPSA) is 107 Å². The van der Waals surface area contributed by atoms with Gasteiger partial charge in [-0.15, -0.1) is 10.2 Å². The number of hydrogen-bond donors (Lipinski definition) is 1. The summed E-state index contributed by atoms with van der Waals surface area (Å²) < 4.78 is 5.57. The van der Waals surface area contributed by atoms with Crippen LogP contribution in [0, 0.1) is 0 Å². The lowest BCUT2D eigenvalue weighted by Gasteiger charge is -2.15. The van der Waals surface area contributed by atoms with Crippen LogP contribution in [0.5, 0.6) is 0 Å². The lowest BCUT2D eigenvalue weighted by Crippen LogP contribution is -2.16. The molecule has 0 fully saturated rings. The summed E-state index contributed by atoms with van der Waals surface area (Å²) in [6.45, 7) is 6.05. The van der Waals surface area contributed by atoms with Crippen molar-refractivity contribution in [3.63, 3.8) is 0 Å². The van der Waals surface area contributed by atoms with Crippen molar-refractivity contribution in [2.45, 2.75) is 52.0 Å². The zero-order chi connectivity index (χ0) is 15.4. The first-order valence-electron chi connectivity index (χ1n) is 6.86. The molecular weight excluding hydrogens is 292 g/mol. The Bertz CT molecular complexity index is 608. The smallest absolute Gasteiger partial charge is 0.305 e. The van der Waals surface area contributed by atoms with E-state index in [0.717, 1.165) is 17.0 Å². The highest BCUT2D eigenvalue weighted by atomic mass is 32.1. The third-order valence-electron chi connectivity index (χ3n) is 3.13. The first kappa shape index (κ1) is 15.5. The molecule has 0 aliphatic heterocycles. The molecule has 1 unspecified atom stereocenters. The molecule has 0 radical (unpaired) electrons. The first-order chi connectivity index (χ1) is 10.0. The zero-order valence-corrected chi connectivity index (χ0v) is 13.0.